The number of rotatable bonds is 4. The molecule has 0 spiro atoms. The molecule has 2 fully saturated rings. The quantitative estimate of drug-likeness (QED) is 0.474. The van der Waals surface area contributed by atoms with Crippen molar-refractivity contribution in [3.63, 3.8) is 0 Å². The summed E-state index contributed by atoms with van der Waals surface area (Å²) in [6, 6.07) is 13.6. The highest BCUT2D eigenvalue weighted by Gasteiger charge is 2.45. The molecule has 10 heteroatoms. The van der Waals surface area contributed by atoms with Crippen LogP contribution in [0.2, 0.25) is 0 Å². The highest BCUT2D eigenvalue weighted by molar-refractivity contribution is 6.04. The van der Waals surface area contributed by atoms with Crippen molar-refractivity contribution in [2.24, 2.45) is 5.92 Å². The Morgan fingerprint density at radius 2 is 1.91 bits per heavy atom. The lowest BCUT2D eigenvalue weighted by Crippen LogP contribution is -2.61. The molecule has 0 saturated carbocycles. The summed E-state index contributed by atoms with van der Waals surface area (Å²) in [5, 5.41) is 15.5. The molecule has 3 heterocycles. The van der Waals surface area contributed by atoms with E-state index in [9.17, 15) is 14.0 Å². The lowest BCUT2D eigenvalue weighted by atomic mass is 10.0. The molecule has 9 nitrogen and oxygen atoms in total. The Kier molecular flexibility index (Phi) is 5.54. The Bertz CT molecular complexity index is 1270. The number of aromatic nitrogens is 2. The number of halogens is 1. The van der Waals surface area contributed by atoms with Gasteiger partial charge >= 0.3 is 0 Å². The third-order valence-corrected chi connectivity index (χ3v) is 6.32. The molecule has 0 bridgehead atoms. The molecule has 3 aromatic rings. The molecule has 176 valence electrons. The summed E-state index contributed by atoms with van der Waals surface area (Å²) in [6.45, 7) is 6.37. The molecule has 3 unspecified atom stereocenters. The lowest BCUT2D eigenvalue weighted by molar-refractivity contribution is -0.129. The van der Waals surface area contributed by atoms with Gasteiger partial charge < -0.3 is 10.6 Å². The zero-order chi connectivity index (χ0) is 24.0. The van der Waals surface area contributed by atoms with E-state index in [1.807, 2.05) is 24.1 Å². The Morgan fingerprint density at radius 3 is 2.68 bits per heavy atom. The SMILES string of the molecule is Cc1cc(NC(=O)c2ccccc2F)n(C2NC(=O)C3CNN(c4ccc(C)c(C)c4)C3N2)n1. The number of fused-ring (bicyclic) bond motifs is 1. The van der Waals surface area contributed by atoms with Gasteiger partial charge in [0.05, 0.1) is 22.9 Å². The van der Waals surface area contributed by atoms with Crippen LogP contribution in [0.25, 0.3) is 0 Å². The second kappa shape index (κ2) is 8.54. The fraction of sp³-hybridized carbons (Fsp3) is 0.292. The first-order valence-corrected chi connectivity index (χ1v) is 11.1. The summed E-state index contributed by atoms with van der Waals surface area (Å²) in [6.07, 6.45) is -1.05. The van der Waals surface area contributed by atoms with Crippen LogP contribution in [0.15, 0.2) is 48.5 Å². The summed E-state index contributed by atoms with van der Waals surface area (Å²) < 4.78 is 15.6. The van der Waals surface area contributed by atoms with Crippen molar-refractivity contribution >= 4 is 23.3 Å². The standard InChI is InChI=1S/C24H26FN7O2/c1-13-8-9-16(10-14(13)2)31-21-18(12-26-31)23(34)29-24(28-21)32-20(11-15(3)30-32)27-22(33)17-6-4-5-7-19(17)25/h4-11,18,21,24,26,28H,12H2,1-3H3,(H,27,33)(H,29,34). The molecule has 2 amide bonds. The number of carbonyl (C=O) groups excluding carboxylic acids is 2. The van der Waals surface area contributed by atoms with Crippen LogP contribution in [0.3, 0.4) is 0 Å². The van der Waals surface area contributed by atoms with E-state index in [0.717, 1.165) is 11.3 Å². The predicted octanol–water partition coefficient (Wildman–Crippen LogP) is 2.34. The van der Waals surface area contributed by atoms with Crippen LogP contribution >= 0.6 is 0 Å². The van der Waals surface area contributed by atoms with Gasteiger partial charge in [-0.3, -0.25) is 19.9 Å². The fourth-order valence-electron chi connectivity index (χ4n) is 4.35. The maximum atomic E-state index is 14.1. The van der Waals surface area contributed by atoms with Gasteiger partial charge in [-0.2, -0.15) is 5.10 Å². The van der Waals surface area contributed by atoms with Gasteiger partial charge in [-0.05, 0) is 56.2 Å². The van der Waals surface area contributed by atoms with Crippen LogP contribution in [0.1, 0.15) is 33.5 Å². The van der Waals surface area contributed by atoms with Crippen LogP contribution in [0, 0.1) is 32.5 Å². The predicted molar refractivity (Wildman–Crippen MR) is 125 cm³/mol. The molecular formula is C24H26FN7O2. The summed E-state index contributed by atoms with van der Waals surface area (Å²) in [5.41, 5.74) is 7.16. The molecule has 1 aromatic heterocycles. The number of hydrogen-bond donors (Lipinski definition) is 4. The zero-order valence-corrected chi connectivity index (χ0v) is 19.1. The van der Waals surface area contributed by atoms with E-state index >= 15 is 0 Å². The van der Waals surface area contributed by atoms with Crippen LogP contribution in [-0.4, -0.2) is 34.3 Å². The Hall–Kier alpha value is -3.76. The number of benzene rings is 2. The molecule has 5 rings (SSSR count). The van der Waals surface area contributed by atoms with Crippen LogP contribution in [-0.2, 0) is 4.79 Å². The second-order valence-electron chi connectivity index (χ2n) is 8.68. The largest absolute Gasteiger partial charge is 0.321 e. The van der Waals surface area contributed by atoms with Crippen molar-refractivity contribution in [2.45, 2.75) is 33.2 Å². The molecule has 0 radical (unpaired) electrons. The van der Waals surface area contributed by atoms with Gasteiger partial charge in [0.25, 0.3) is 5.91 Å². The molecule has 4 N–H and O–H groups in total. The minimum Gasteiger partial charge on any atom is -0.321 e. The number of amides is 2. The molecular weight excluding hydrogens is 437 g/mol. The van der Waals surface area contributed by atoms with Crippen molar-refractivity contribution < 1.29 is 14.0 Å². The number of nitrogens with zero attached hydrogens (tertiary/aromatic N) is 3. The molecule has 2 saturated heterocycles. The first-order valence-electron chi connectivity index (χ1n) is 11.1. The molecule has 2 aromatic carbocycles. The number of nitrogens with one attached hydrogen (secondary N) is 4. The first kappa shape index (κ1) is 22.1. The average Bonchev–Trinajstić information content (AvgIpc) is 3.39. The maximum absolute atomic E-state index is 14.1. The normalized spacial score (nSPS) is 21.8. The van der Waals surface area contributed by atoms with Gasteiger partial charge in [0, 0.05) is 12.6 Å². The third-order valence-electron chi connectivity index (χ3n) is 6.32. The van der Waals surface area contributed by atoms with Crippen molar-refractivity contribution in [3.8, 4) is 0 Å². The van der Waals surface area contributed by atoms with Gasteiger partial charge in [-0.15, -0.1) is 0 Å². The Morgan fingerprint density at radius 1 is 1.12 bits per heavy atom. The van der Waals surface area contributed by atoms with E-state index < -0.39 is 18.0 Å². The van der Waals surface area contributed by atoms with Gasteiger partial charge in [0.2, 0.25) is 5.91 Å². The summed E-state index contributed by atoms with van der Waals surface area (Å²) in [4.78, 5) is 25.7. The van der Waals surface area contributed by atoms with Crippen molar-refractivity contribution in [1.29, 1.82) is 0 Å². The van der Waals surface area contributed by atoms with E-state index in [1.54, 1.807) is 19.1 Å². The van der Waals surface area contributed by atoms with Crippen LogP contribution < -0.4 is 26.4 Å². The smallest absolute Gasteiger partial charge is 0.259 e. The molecule has 34 heavy (non-hydrogen) atoms. The van der Waals surface area contributed by atoms with Gasteiger partial charge in [0.15, 0.2) is 6.29 Å². The number of aryl methyl sites for hydroxylation is 3. The molecule has 0 aliphatic carbocycles. The molecule has 2 aliphatic rings. The number of hydrogen-bond acceptors (Lipinski definition) is 6. The monoisotopic (exact) mass is 463 g/mol. The summed E-state index contributed by atoms with van der Waals surface area (Å²) in [7, 11) is 0. The molecule has 3 atom stereocenters. The highest BCUT2D eigenvalue weighted by atomic mass is 19.1. The minimum absolute atomic E-state index is 0.0745. The Balaban J connectivity index is 1.41. The highest BCUT2D eigenvalue weighted by Crippen LogP contribution is 2.29. The fourth-order valence-corrected chi connectivity index (χ4v) is 4.35. The van der Waals surface area contributed by atoms with E-state index in [2.05, 4.69) is 39.5 Å². The summed E-state index contributed by atoms with van der Waals surface area (Å²) in [5.74, 6) is -1.32. The second-order valence-corrected chi connectivity index (χ2v) is 8.68. The Labute approximate surface area is 196 Å². The van der Waals surface area contributed by atoms with E-state index in [-0.39, 0.29) is 23.6 Å². The van der Waals surface area contributed by atoms with E-state index in [1.165, 1.54) is 28.4 Å². The zero-order valence-electron chi connectivity index (χ0n) is 19.1. The van der Waals surface area contributed by atoms with Crippen molar-refractivity contribution in [1.82, 2.24) is 25.8 Å². The number of carbonyl (C=O) groups is 2. The topological polar surface area (TPSA) is 103 Å². The van der Waals surface area contributed by atoms with Crippen LogP contribution in [0.5, 0.6) is 0 Å². The maximum Gasteiger partial charge on any atom is 0.259 e. The van der Waals surface area contributed by atoms with E-state index in [4.69, 9.17) is 0 Å². The van der Waals surface area contributed by atoms with Gasteiger partial charge in [-0.25, -0.2) is 14.5 Å². The summed E-state index contributed by atoms with van der Waals surface area (Å²) >= 11 is 0. The minimum atomic E-state index is -0.715. The van der Waals surface area contributed by atoms with E-state index in [0.29, 0.717) is 18.1 Å². The van der Waals surface area contributed by atoms with Crippen molar-refractivity contribution in [2.75, 3.05) is 16.9 Å². The van der Waals surface area contributed by atoms with Crippen molar-refractivity contribution in [3.05, 3.63) is 76.7 Å². The molecule has 2 aliphatic heterocycles. The average molecular weight is 464 g/mol. The number of hydrazine groups is 1. The first-order chi connectivity index (χ1) is 16.3. The third kappa shape index (κ3) is 3.91. The lowest BCUT2D eigenvalue weighted by Gasteiger charge is -2.37. The van der Waals surface area contributed by atoms with Gasteiger partial charge in [-0.1, -0.05) is 18.2 Å². The van der Waals surface area contributed by atoms with Crippen LogP contribution in [0.4, 0.5) is 15.9 Å². The number of anilines is 2. The van der Waals surface area contributed by atoms with Gasteiger partial charge in [0.1, 0.15) is 17.8 Å².